The quantitative estimate of drug-likeness (QED) is 0.467. The summed E-state index contributed by atoms with van der Waals surface area (Å²) >= 11 is 4.70. The fourth-order valence-corrected chi connectivity index (χ4v) is 0.204. The summed E-state index contributed by atoms with van der Waals surface area (Å²) in [5, 5.41) is 0. The maximum absolute atomic E-state index is 4.70. The molecule has 1 radical (unpaired) electrons. The summed E-state index contributed by atoms with van der Waals surface area (Å²) in [6.07, 6.45) is 1.87. The molecule has 0 aliphatic rings. The van der Waals surface area contributed by atoms with Crippen LogP contribution in [0.25, 0.3) is 0 Å². The Labute approximate surface area is 44.7 Å². The Kier molecular flexibility index (Phi) is 3.34. The van der Waals surface area contributed by atoms with E-state index in [1.807, 2.05) is 6.08 Å². The molecule has 0 nitrogen and oxygen atoms in total. The third kappa shape index (κ3) is 2.33. The van der Waals surface area contributed by atoms with Crippen molar-refractivity contribution >= 4 is 12.6 Å². The molecule has 6 heavy (non-hydrogen) atoms. The van der Waals surface area contributed by atoms with Crippen LogP contribution in [0.5, 0.6) is 0 Å². The van der Waals surface area contributed by atoms with Crippen LogP contribution in [0.3, 0.4) is 0 Å². The summed E-state index contributed by atoms with van der Waals surface area (Å²) in [7, 11) is 0. The molecule has 35 valence electrons. The van der Waals surface area contributed by atoms with Gasteiger partial charge in [0.25, 0.3) is 0 Å². The first-order valence-electron chi connectivity index (χ1n) is 2.02. The molecule has 0 aliphatic carbocycles. The van der Waals surface area contributed by atoms with Gasteiger partial charge in [-0.3, -0.25) is 0 Å². The van der Waals surface area contributed by atoms with Gasteiger partial charge in [0.1, 0.15) is 0 Å². The molecule has 1 heteroatoms. The van der Waals surface area contributed by atoms with Crippen LogP contribution in [0.15, 0.2) is 12.7 Å². The van der Waals surface area contributed by atoms with Crippen LogP contribution in [0.2, 0.25) is 0 Å². The normalized spacial score (nSPS) is 13.7. The lowest BCUT2D eigenvalue weighted by Gasteiger charge is -1.92. The zero-order chi connectivity index (χ0) is 4.99. The molecule has 0 aromatic carbocycles. The molecule has 0 saturated carbocycles. The molecule has 0 bridgehead atoms. The van der Waals surface area contributed by atoms with Crippen molar-refractivity contribution in [1.29, 1.82) is 0 Å². The van der Waals surface area contributed by atoms with E-state index in [0.29, 0.717) is 5.92 Å². The number of allylic oxidation sites excluding steroid dienone is 1. The van der Waals surface area contributed by atoms with Crippen molar-refractivity contribution in [2.75, 3.05) is 5.75 Å². The lowest BCUT2D eigenvalue weighted by molar-refractivity contribution is 0.853. The minimum Gasteiger partial charge on any atom is -0.103 e. The van der Waals surface area contributed by atoms with Gasteiger partial charge in [0.15, 0.2) is 0 Å². The Hall–Kier alpha value is 0.0900. The molecule has 0 amide bonds. The monoisotopic (exact) mass is 101 g/mol. The highest BCUT2D eigenvalue weighted by Gasteiger charge is 1.85. The van der Waals surface area contributed by atoms with Crippen molar-refractivity contribution in [1.82, 2.24) is 0 Å². The van der Waals surface area contributed by atoms with Crippen molar-refractivity contribution < 1.29 is 0 Å². The van der Waals surface area contributed by atoms with E-state index in [4.69, 9.17) is 12.6 Å². The summed E-state index contributed by atoms with van der Waals surface area (Å²) in [6.45, 7) is 5.62. The van der Waals surface area contributed by atoms with E-state index in [2.05, 4.69) is 13.5 Å². The van der Waals surface area contributed by atoms with Crippen molar-refractivity contribution in [3.63, 3.8) is 0 Å². The van der Waals surface area contributed by atoms with E-state index in [1.165, 1.54) is 0 Å². The second kappa shape index (κ2) is 3.29. The molecule has 0 N–H and O–H groups in total. The van der Waals surface area contributed by atoms with Gasteiger partial charge in [-0.2, -0.15) is 0 Å². The predicted octanol–water partition coefficient (Wildman–Crippen LogP) is 2.01. The fourth-order valence-electron chi connectivity index (χ4n) is 0.0680. The third-order valence-corrected chi connectivity index (χ3v) is 1.19. The van der Waals surface area contributed by atoms with E-state index in [9.17, 15) is 0 Å². The Morgan fingerprint density at radius 1 is 2.00 bits per heavy atom. The first-order valence-corrected chi connectivity index (χ1v) is 2.59. The Balaban J connectivity index is 2.96. The van der Waals surface area contributed by atoms with Crippen LogP contribution in [0, 0.1) is 5.92 Å². The molecule has 0 aliphatic heterocycles. The Morgan fingerprint density at radius 2 is 2.50 bits per heavy atom. The zero-order valence-corrected chi connectivity index (χ0v) is 4.79. The summed E-state index contributed by atoms with van der Waals surface area (Å²) in [6, 6.07) is 0. The maximum Gasteiger partial charge on any atom is 0.00972 e. The van der Waals surface area contributed by atoms with Gasteiger partial charge in [-0.05, 0) is 5.92 Å². The predicted molar refractivity (Wildman–Crippen MR) is 31.8 cm³/mol. The highest BCUT2D eigenvalue weighted by molar-refractivity contribution is 7.80. The second-order valence-electron chi connectivity index (χ2n) is 1.38. The van der Waals surface area contributed by atoms with E-state index < -0.39 is 0 Å². The third-order valence-electron chi connectivity index (χ3n) is 0.665. The average molecular weight is 101 g/mol. The molecular weight excluding hydrogens is 92.1 g/mol. The summed E-state index contributed by atoms with van der Waals surface area (Å²) in [5.41, 5.74) is 0. The summed E-state index contributed by atoms with van der Waals surface area (Å²) in [4.78, 5) is 0. The minimum absolute atomic E-state index is 0.514. The van der Waals surface area contributed by atoms with Gasteiger partial charge in [0.2, 0.25) is 0 Å². The molecule has 0 rings (SSSR count). The SMILES string of the molecule is C=CC(C)C[S]. The van der Waals surface area contributed by atoms with Gasteiger partial charge in [0, 0.05) is 5.75 Å². The lowest BCUT2D eigenvalue weighted by atomic mass is 10.2. The standard InChI is InChI=1S/C5H9S/c1-3-5(2)4-6/h3,5H,1,4H2,2H3. The number of hydrogen-bond donors (Lipinski definition) is 0. The first kappa shape index (κ1) is 6.09. The highest BCUT2D eigenvalue weighted by Crippen LogP contribution is 1.95. The topological polar surface area (TPSA) is 0 Å². The van der Waals surface area contributed by atoms with Crippen LogP contribution < -0.4 is 0 Å². The fraction of sp³-hybridized carbons (Fsp3) is 0.600. The van der Waals surface area contributed by atoms with Crippen LogP contribution >= 0.6 is 12.6 Å². The number of rotatable bonds is 2. The Bertz CT molecular complexity index is 41.2. The zero-order valence-electron chi connectivity index (χ0n) is 3.98. The van der Waals surface area contributed by atoms with Crippen LogP contribution in [0.4, 0.5) is 0 Å². The summed E-state index contributed by atoms with van der Waals surface area (Å²) < 4.78 is 0. The molecule has 1 atom stereocenters. The van der Waals surface area contributed by atoms with E-state index in [1.54, 1.807) is 0 Å². The lowest BCUT2D eigenvalue weighted by Crippen LogP contribution is -1.86. The molecule has 0 aromatic heterocycles. The van der Waals surface area contributed by atoms with Gasteiger partial charge in [-0.1, -0.05) is 25.6 Å². The van der Waals surface area contributed by atoms with Crippen molar-refractivity contribution in [3.05, 3.63) is 12.7 Å². The Morgan fingerprint density at radius 3 is 2.50 bits per heavy atom. The van der Waals surface area contributed by atoms with Crippen molar-refractivity contribution in [2.45, 2.75) is 6.92 Å². The van der Waals surface area contributed by atoms with Gasteiger partial charge >= 0.3 is 0 Å². The van der Waals surface area contributed by atoms with E-state index in [-0.39, 0.29) is 0 Å². The van der Waals surface area contributed by atoms with Gasteiger partial charge in [-0.15, -0.1) is 6.58 Å². The number of hydrogen-bond acceptors (Lipinski definition) is 0. The molecule has 0 saturated heterocycles. The smallest absolute Gasteiger partial charge is 0.00972 e. The van der Waals surface area contributed by atoms with E-state index in [0.717, 1.165) is 5.75 Å². The maximum atomic E-state index is 4.70. The molecule has 0 spiro atoms. The van der Waals surface area contributed by atoms with Crippen molar-refractivity contribution in [2.24, 2.45) is 5.92 Å². The van der Waals surface area contributed by atoms with Crippen LogP contribution in [0.1, 0.15) is 6.92 Å². The van der Waals surface area contributed by atoms with Gasteiger partial charge < -0.3 is 0 Å². The molecule has 0 aromatic rings. The van der Waals surface area contributed by atoms with Crippen molar-refractivity contribution in [3.8, 4) is 0 Å². The second-order valence-corrected chi connectivity index (χ2v) is 1.71. The summed E-state index contributed by atoms with van der Waals surface area (Å²) in [5.74, 6) is 1.31. The molecule has 0 fully saturated rings. The van der Waals surface area contributed by atoms with Gasteiger partial charge in [0.05, 0.1) is 0 Å². The minimum atomic E-state index is 0.514. The molecular formula is C5H9S. The van der Waals surface area contributed by atoms with Crippen LogP contribution in [-0.4, -0.2) is 5.75 Å². The highest BCUT2D eigenvalue weighted by atomic mass is 32.1. The van der Waals surface area contributed by atoms with Crippen LogP contribution in [-0.2, 0) is 0 Å². The first-order chi connectivity index (χ1) is 2.81. The average Bonchev–Trinajstić information content (AvgIpc) is 1.65. The van der Waals surface area contributed by atoms with Gasteiger partial charge in [-0.25, -0.2) is 0 Å². The molecule has 0 heterocycles. The largest absolute Gasteiger partial charge is 0.103 e. The molecule has 1 unspecified atom stereocenters. The van der Waals surface area contributed by atoms with E-state index >= 15 is 0 Å².